The number of carbonyl (C=O) groups is 1. The van der Waals surface area contributed by atoms with Crippen LogP contribution in [0, 0.1) is 5.92 Å². The molecular formula is C23H25F3N2O3S. The Balaban J connectivity index is 1.56. The van der Waals surface area contributed by atoms with Gasteiger partial charge in [-0.15, -0.1) is 0 Å². The number of benzene rings is 1. The Labute approximate surface area is 185 Å². The lowest BCUT2D eigenvalue weighted by Gasteiger charge is -2.48. The van der Waals surface area contributed by atoms with Crippen LogP contribution in [-0.2, 0) is 16.0 Å². The van der Waals surface area contributed by atoms with Gasteiger partial charge in [-0.3, -0.25) is 9.78 Å². The highest BCUT2D eigenvalue weighted by Crippen LogP contribution is 2.44. The molecule has 0 bridgehead atoms. The van der Waals surface area contributed by atoms with E-state index in [1.165, 1.54) is 12.3 Å². The van der Waals surface area contributed by atoms with Crippen molar-refractivity contribution >= 4 is 15.7 Å². The van der Waals surface area contributed by atoms with Crippen molar-refractivity contribution in [1.82, 2.24) is 9.88 Å². The monoisotopic (exact) mass is 466 g/mol. The molecule has 0 spiro atoms. The molecule has 2 aromatic rings. The van der Waals surface area contributed by atoms with Crippen molar-refractivity contribution in [2.24, 2.45) is 5.92 Å². The Hall–Kier alpha value is -2.42. The molecule has 172 valence electrons. The second kappa shape index (κ2) is 8.50. The molecule has 2 heterocycles. The number of nitrogens with zero attached hydrogens (tertiary/aromatic N) is 2. The highest BCUT2D eigenvalue weighted by atomic mass is 32.2. The Kier molecular flexibility index (Phi) is 6.04. The third-order valence-corrected chi connectivity index (χ3v) is 7.81. The quantitative estimate of drug-likeness (QED) is 0.658. The van der Waals surface area contributed by atoms with Crippen molar-refractivity contribution < 1.29 is 26.4 Å². The Morgan fingerprint density at radius 1 is 1.03 bits per heavy atom. The van der Waals surface area contributed by atoms with Crippen LogP contribution in [0.25, 0.3) is 0 Å². The number of likely N-dealkylation sites (tertiary alicyclic amines) is 1. The minimum Gasteiger partial charge on any atom is -0.335 e. The zero-order valence-corrected chi connectivity index (χ0v) is 18.5. The maximum Gasteiger partial charge on any atom is 0.433 e. The zero-order valence-electron chi connectivity index (χ0n) is 17.7. The van der Waals surface area contributed by atoms with Crippen molar-refractivity contribution in [3.8, 4) is 0 Å². The van der Waals surface area contributed by atoms with Gasteiger partial charge in [0.05, 0.1) is 10.5 Å². The van der Waals surface area contributed by atoms with E-state index in [0.717, 1.165) is 49.9 Å². The second-order valence-corrected chi connectivity index (χ2v) is 10.7. The number of aromatic nitrogens is 1. The van der Waals surface area contributed by atoms with Crippen molar-refractivity contribution in [2.45, 2.75) is 55.1 Å². The fraction of sp³-hybridized carbons (Fsp3) is 0.478. The average molecular weight is 467 g/mol. The fourth-order valence-electron chi connectivity index (χ4n) is 5.14. The molecule has 32 heavy (non-hydrogen) atoms. The van der Waals surface area contributed by atoms with Crippen molar-refractivity contribution in [3.05, 3.63) is 59.4 Å². The van der Waals surface area contributed by atoms with E-state index in [-0.39, 0.29) is 34.2 Å². The fourth-order valence-corrected chi connectivity index (χ4v) is 5.77. The number of fused-ring (bicyclic) bond motifs is 1. The molecule has 9 heteroatoms. The van der Waals surface area contributed by atoms with Gasteiger partial charge in [0, 0.05) is 25.0 Å². The first-order valence-corrected chi connectivity index (χ1v) is 12.6. The summed E-state index contributed by atoms with van der Waals surface area (Å²) in [6, 6.07) is 9.05. The van der Waals surface area contributed by atoms with Crippen LogP contribution in [0.1, 0.15) is 59.6 Å². The first kappa shape index (κ1) is 22.8. The minimum atomic E-state index is -4.54. The van der Waals surface area contributed by atoms with Gasteiger partial charge in [0.1, 0.15) is 5.69 Å². The standard InChI is InChI=1S/C23H25F3N2O3S/c1-32(30,31)17-9-6-15(7-10-17)18-12-13-28(20-5-3-2-4-19(18)20)22(29)16-8-11-21(27-14-16)23(24,25)26/h6-11,14,18-20H,2-5,12-13H2,1H3/t18-,19-,20-/m1/s1. The van der Waals surface area contributed by atoms with Crippen molar-refractivity contribution in [2.75, 3.05) is 12.8 Å². The van der Waals surface area contributed by atoms with E-state index in [4.69, 9.17) is 0 Å². The third kappa shape index (κ3) is 4.53. The minimum absolute atomic E-state index is 0.00637. The molecular weight excluding hydrogens is 441 g/mol. The predicted molar refractivity (Wildman–Crippen MR) is 113 cm³/mol. The van der Waals surface area contributed by atoms with E-state index in [9.17, 15) is 26.4 Å². The summed E-state index contributed by atoms with van der Waals surface area (Å²) in [5.74, 6) is 0.158. The molecule has 5 nitrogen and oxygen atoms in total. The first-order chi connectivity index (χ1) is 15.1. The second-order valence-electron chi connectivity index (χ2n) is 8.68. The maximum atomic E-state index is 13.2. The lowest BCUT2D eigenvalue weighted by Crippen LogP contribution is -2.52. The van der Waals surface area contributed by atoms with Crippen LogP contribution in [0.15, 0.2) is 47.5 Å². The molecule has 1 aromatic carbocycles. The summed E-state index contributed by atoms with van der Waals surface area (Å²) in [4.78, 5) is 18.7. The topological polar surface area (TPSA) is 67.3 Å². The summed E-state index contributed by atoms with van der Waals surface area (Å²) in [6.45, 7) is 0.500. The lowest BCUT2D eigenvalue weighted by atomic mass is 9.69. The van der Waals surface area contributed by atoms with Gasteiger partial charge in [0.2, 0.25) is 0 Å². The van der Waals surface area contributed by atoms with Gasteiger partial charge in [-0.1, -0.05) is 25.0 Å². The number of pyridine rings is 1. The van der Waals surface area contributed by atoms with Crippen LogP contribution in [0.5, 0.6) is 0 Å². The summed E-state index contributed by atoms with van der Waals surface area (Å²) in [6.07, 6.45) is 2.23. The predicted octanol–water partition coefficient (Wildman–Crippen LogP) is 4.69. The first-order valence-electron chi connectivity index (χ1n) is 10.7. The highest BCUT2D eigenvalue weighted by molar-refractivity contribution is 7.90. The molecule has 3 atom stereocenters. The van der Waals surface area contributed by atoms with E-state index in [1.807, 2.05) is 12.1 Å². The molecule has 2 fully saturated rings. The molecule has 1 aromatic heterocycles. The number of piperidine rings is 1. The molecule has 1 aliphatic heterocycles. The molecule has 0 N–H and O–H groups in total. The van der Waals surface area contributed by atoms with Gasteiger partial charge < -0.3 is 4.90 Å². The molecule has 1 aliphatic carbocycles. The van der Waals surface area contributed by atoms with E-state index >= 15 is 0 Å². The number of alkyl halides is 3. The molecule has 1 amide bonds. The number of carbonyl (C=O) groups excluding carboxylic acids is 1. The normalized spacial score (nSPS) is 24.1. The van der Waals surface area contributed by atoms with E-state index in [2.05, 4.69) is 4.98 Å². The number of hydrogen-bond acceptors (Lipinski definition) is 4. The Morgan fingerprint density at radius 2 is 1.72 bits per heavy atom. The summed E-state index contributed by atoms with van der Waals surface area (Å²) < 4.78 is 61.9. The zero-order chi connectivity index (χ0) is 23.1. The molecule has 1 saturated heterocycles. The number of hydrogen-bond donors (Lipinski definition) is 0. The molecule has 2 aliphatic rings. The van der Waals surface area contributed by atoms with Crippen LogP contribution >= 0.6 is 0 Å². The van der Waals surface area contributed by atoms with Crippen molar-refractivity contribution in [1.29, 1.82) is 0 Å². The van der Waals surface area contributed by atoms with E-state index in [0.29, 0.717) is 6.54 Å². The van der Waals surface area contributed by atoms with Crippen LogP contribution in [-0.4, -0.2) is 43.1 Å². The molecule has 4 rings (SSSR count). The number of halogens is 3. The van der Waals surface area contributed by atoms with Gasteiger partial charge in [0.25, 0.3) is 5.91 Å². The van der Waals surface area contributed by atoms with E-state index in [1.54, 1.807) is 17.0 Å². The third-order valence-electron chi connectivity index (χ3n) is 6.68. The highest BCUT2D eigenvalue weighted by Gasteiger charge is 2.42. The summed E-state index contributed by atoms with van der Waals surface area (Å²) >= 11 is 0. The number of rotatable bonds is 3. The summed E-state index contributed by atoms with van der Waals surface area (Å²) in [5, 5.41) is 0. The summed E-state index contributed by atoms with van der Waals surface area (Å²) in [7, 11) is -3.27. The van der Waals surface area contributed by atoms with Crippen LogP contribution in [0.2, 0.25) is 0 Å². The lowest BCUT2D eigenvalue weighted by molar-refractivity contribution is -0.141. The number of amides is 1. The van der Waals surface area contributed by atoms with Crippen LogP contribution in [0.4, 0.5) is 13.2 Å². The largest absolute Gasteiger partial charge is 0.433 e. The van der Waals surface area contributed by atoms with Crippen LogP contribution in [0.3, 0.4) is 0 Å². The van der Waals surface area contributed by atoms with Gasteiger partial charge >= 0.3 is 6.18 Å². The molecule has 0 radical (unpaired) electrons. The van der Waals surface area contributed by atoms with Gasteiger partial charge in [-0.2, -0.15) is 13.2 Å². The molecule has 0 unspecified atom stereocenters. The van der Waals surface area contributed by atoms with Gasteiger partial charge in [-0.05, 0) is 60.9 Å². The van der Waals surface area contributed by atoms with Crippen molar-refractivity contribution in [3.63, 3.8) is 0 Å². The Bertz CT molecular complexity index is 1080. The summed E-state index contributed by atoms with van der Waals surface area (Å²) in [5.41, 5.74) is 0.219. The maximum absolute atomic E-state index is 13.2. The van der Waals surface area contributed by atoms with Gasteiger partial charge in [-0.25, -0.2) is 8.42 Å². The molecule has 1 saturated carbocycles. The van der Waals surface area contributed by atoms with E-state index < -0.39 is 21.7 Å². The average Bonchev–Trinajstić information content (AvgIpc) is 2.77. The van der Waals surface area contributed by atoms with Gasteiger partial charge in [0.15, 0.2) is 9.84 Å². The SMILES string of the molecule is CS(=O)(=O)c1ccc([C@H]2CCN(C(=O)c3ccc(C(F)(F)F)nc3)[C@@H]3CCCC[C@H]23)cc1. The smallest absolute Gasteiger partial charge is 0.335 e. The number of sulfone groups is 1. The Morgan fingerprint density at radius 3 is 2.31 bits per heavy atom. The van der Waals surface area contributed by atoms with Crippen LogP contribution < -0.4 is 0 Å².